The van der Waals surface area contributed by atoms with Crippen LogP contribution >= 0.6 is 0 Å². The molecular weight excluding hydrogens is 751 g/mol. The van der Waals surface area contributed by atoms with E-state index in [2.05, 4.69) is 10.1 Å². The highest BCUT2D eigenvalue weighted by molar-refractivity contribution is 5.96. The SMILES string of the molecule is O=C(C=Cc1ccccc1CN1OC2C3OC(c4ccccc4)(c4ccccc4)OC3C3CC2(C(=O)N2CCCC2C(=O)NCCO)C1C(=O)O3)OCC(F)(F)F. The molecule has 2 amide bonds. The molecule has 300 valence electrons. The number of carbonyl (C=O) groups excluding carboxylic acids is 4. The number of fused-ring (bicyclic) bond motifs is 4. The highest BCUT2D eigenvalue weighted by atomic mass is 19.4. The molecule has 3 aromatic carbocycles. The number of nitrogens with one attached hydrogen (secondary N) is 1. The number of halogens is 3. The number of alkyl halides is 3. The minimum atomic E-state index is -4.69. The number of carbonyl (C=O) groups is 4. The van der Waals surface area contributed by atoms with Gasteiger partial charge in [0.25, 0.3) is 0 Å². The van der Waals surface area contributed by atoms with Gasteiger partial charge in [-0.15, -0.1) is 0 Å². The molecule has 5 fully saturated rings. The van der Waals surface area contributed by atoms with E-state index >= 15 is 4.79 Å². The number of esters is 2. The smallest absolute Gasteiger partial charge is 0.422 e. The fraction of sp³-hybridized carbons (Fsp3) is 0.415. The van der Waals surface area contributed by atoms with Gasteiger partial charge in [0, 0.05) is 36.7 Å². The van der Waals surface area contributed by atoms with Crippen molar-refractivity contribution >= 4 is 29.8 Å². The van der Waals surface area contributed by atoms with Gasteiger partial charge >= 0.3 is 18.1 Å². The van der Waals surface area contributed by atoms with Crippen LogP contribution in [-0.2, 0) is 55.3 Å². The average Bonchev–Trinajstić information content (AvgIpc) is 3.95. The molecule has 2 bridgehead atoms. The molecule has 8 rings (SSSR count). The van der Waals surface area contributed by atoms with Gasteiger partial charge in [0.15, 0.2) is 12.6 Å². The number of hydrogen-bond acceptors (Lipinski definition) is 11. The summed E-state index contributed by atoms with van der Waals surface area (Å²) in [7, 11) is 0. The maximum atomic E-state index is 15.3. The van der Waals surface area contributed by atoms with Gasteiger partial charge in [0.05, 0.1) is 13.2 Å². The van der Waals surface area contributed by atoms with Gasteiger partial charge in [-0.1, -0.05) is 84.9 Å². The zero-order valence-electron chi connectivity index (χ0n) is 30.5. The van der Waals surface area contributed by atoms with Gasteiger partial charge in [-0.25, -0.2) is 4.79 Å². The zero-order valence-corrected chi connectivity index (χ0v) is 30.5. The number of benzene rings is 3. The number of aliphatic hydroxyl groups excluding tert-OH is 1. The second-order valence-electron chi connectivity index (χ2n) is 14.7. The highest BCUT2D eigenvalue weighted by Crippen LogP contribution is 2.60. The van der Waals surface area contributed by atoms with E-state index in [0.717, 1.165) is 6.08 Å². The Hall–Kier alpha value is -5.13. The van der Waals surface area contributed by atoms with Crippen molar-refractivity contribution in [2.24, 2.45) is 5.41 Å². The van der Waals surface area contributed by atoms with Crippen molar-refractivity contribution in [3.05, 3.63) is 113 Å². The molecule has 0 radical (unpaired) electrons. The van der Waals surface area contributed by atoms with E-state index in [4.69, 9.17) is 19.0 Å². The molecule has 3 aromatic rings. The molecule has 7 atom stereocenters. The first-order valence-corrected chi connectivity index (χ1v) is 18.7. The highest BCUT2D eigenvalue weighted by Gasteiger charge is 2.77. The summed E-state index contributed by atoms with van der Waals surface area (Å²) < 4.78 is 62.4. The minimum Gasteiger partial charge on any atom is -0.458 e. The number of likely N-dealkylation sites (tertiary alicyclic amines) is 1. The molecule has 13 nitrogen and oxygen atoms in total. The van der Waals surface area contributed by atoms with Crippen molar-refractivity contribution in [3.8, 4) is 0 Å². The first-order valence-electron chi connectivity index (χ1n) is 18.7. The van der Waals surface area contributed by atoms with Crippen molar-refractivity contribution in [2.45, 2.75) is 74.3 Å². The molecule has 1 aliphatic carbocycles. The van der Waals surface area contributed by atoms with E-state index in [1.165, 1.54) is 16.0 Å². The Morgan fingerprint density at radius 2 is 1.61 bits per heavy atom. The normalized spacial score (nSPS) is 28.9. The predicted octanol–water partition coefficient (Wildman–Crippen LogP) is 3.39. The maximum absolute atomic E-state index is 15.3. The van der Waals surface area contributed by atoms with Crippen LogP contribution in [0.5, 0.6) is 0 Å². The lowest BCUT2D eigenvalue weighted by Crippen LogP contribution is -2.70. The van der Waals surface area contributed by atoms with Crippen molar-refractivity contribution in [1.82, 2.24) is 15.3 Å². The fourth-order valence-electron chi connectivity index (χ4n) is 8.88. The first kappa shape index (κ1) is 38.7. The quantitative estimate of drug-likeness (QED) is 0.217. The standard InChI is InChI=1S/C41H40F3N3O10/c42-40(43,44)24-53-31(49)18-17-25-10-7-8-11-26(25)23-47-34-37(51)54-30-22-39(34,38(52)46-20-9-16-29(46)36(50)45-19-21-48)35(57-47)33-32(30)55-41(56-33,27-12-3-1-4-13-27)28-14-5-2-6-15-28/h1-8,10-15,17-18,29-30,32-35,48H,9,16,19-24H2,(H,45,50). The topological polar surface area (TPSA) is 153 Å². The third-order valence-electron chi connectivity index (χ3n) is 11.2. The van der Waals surface area contributed by atoms with Crippen LogP contribution in [0.3, 0.4) is 0 Å². The van der Waals surface area contributed by atoms with E-state index in [9.17, 15) is 32.7 Å². The molecule has 4 aliphatic heterocycles. The van der Waals surface area contributed by atoms with E-state index < -0.39 is 84.2 Å². The van der Waals surface area contributed by atoms with Crippen molar-refractivity contribution in [2.75, 3.05) is 26.3 Å². The maximum Gasteiger partial charge on any atom is 0.422 e. The molecule has 0 aromatic heterocycles. The van der Waals surface area contributed by atoms with E-state index in [0.29, 0.717) is 35.1 Å². The van der Waals surface area contributed by atoms with E-state index in [1.54, 1.807) is 24.3 Å². The molecule has 16 heteroatoms. The Morgan fingerprint density at radius 1 is 0.947 bits per heavy atom. The lowest BCUT2D eigenvalue weighted by molar-refractivity contribution is -0.214. The molecular formula is C41H40F3N3O10. The largest absolute Gasteiger partial charge is 0.458 e. The fourth-order valence-corrected chi connectivity index (χ4v) is 8.88. The number of amides is 2. The van der Waals surface area contributed by atoms with Crippen LogP contribution in [0.4, 0.5) is 13.2 Å². The summed E-state index contributed by atoms with van der Waals surface area (Å²) in [6.07, 6.45) is -5.58. The second kappa shape index (κ2) is 15.3. The number of ether oxygens (including phenoxy) is 4. The van der Waals surface area contributed by atoms with Crippen LogP contribution in [0, 0.1) is 5.41 Å². The summed E-state index contributed by atoms with van der Waals surface area (Å²) in [5, 5.41) is 13.4. The molecule has 4 heterocycles. The minimum absolute atomic E-state index is 0.00292. The Balaban J connectivity index is 1.19. The number of rotatable bonds is 11. The molecule has 57 heavy (non-hydrogen) atoms. The molecule has 4 saturated heterocycles. The van der Waals surface area contributed by atoms with Crippen LogP contribution < -0.4 is 5.32 Å². The summed E-state index contributed by atoms with van der Waals surface area (Å²) in [5.41, 5.74) is 0.604. The number of nitrogens with zero attached hydrogens (tertiary/aromatic N) is 2. The van der Waals surface area contributed by atoms with Crippen LogP contribution in [0.1, 0.15) is 41.5 Å². The Labute approximate surface area is 325 Å². The Morgan fingerprint density at radius 3 is 2.30 bits per heavy atom. The Kier molecular flexibility index (Phi) is 10.4. The van der Waals surface area contributed by atoms with Crippen LogP contribution in [-0.4, -0.2) is 108 Å². The number of hydroxylamine groups is 2. The molecule has 0 spiro atoms. The van der Waals surface area contributed by atoms with Gasteiger partial charge in [-0.05, 0) is 30.0 Å². The summed E-state index contributed by atoms with van der Waals surface area (Å²) in [6.45, 7) is -1.92. The van der Waals surface area contributed by atoms with Crippen molar-refractivity contribution in [3.63, 3.8) is 0 Å². The van der Waals surface area contributed by atoms with Gasteiger partial charge < -0.3 is 34.3 Å². The van der Waals surface area contributed by atoms with Gasteiger partial charge in [-0.2, -0.15) is 18.2 Å². The molecule has 5 aliphatic rings. The zero-order chi connectivity index (χ0) is 40.0. The molecule has 7 unspecified atom stereocenters. The number of aliphatic hydroxyl groups is 1. The van der Waals surface area contributed by atoms with Crippen LogP contribution in [0.15, 0.2) is 91.0 Å². The summed E-state index contributed by atoms with van der Waals surface area (Å²) in [6, 6.07) is 23.0. The second-order valence-corrected chi connectivity index (χ2v) is 14.7. The van der Waals surface area contributed by atoms with Crippen molar-refractivity contribution in [1.29, 1.82) is 0 Å². The lowest BCUT2D eigenvalue weighted by atomic mass is 9.62. The summed E-state index contributed by atoms with van der Waals surface area (Å²) in [5.74, 6) is -4.35. The monoisotopic (exact) mass is 791 g/mol. The summed E-state index contributed by atoms with van der Waals surface area (Å²) >= 11 is 0. The van der Waals surface area contributed by atoms with Gasteiger partial charge in [0.2, 0.25) is 17.6 Å². The third kappa shape index (κ3) is 6.99. The predicted molar refractivity (Wildman–Crippen MR) is 192 cm³/mol. The van der Waals surface area contributed by atoms with Gasteiger partial charge in [0.1, 0.15) is 35.9 Å². The molecule has 2 N–H and O–H groups in total. The van der Waals surface area contributed by atoms with E-state index in [1.807, 2.05) is 60.7 Å². The number of hydrogen-bond donors (Lipinski definition) is 2. The van der Waals surface area contributed by atoms with Crippen LogP contribution in [0.2, 0.25) is 0 Å². The van der Waals surface area contributed by atoms with Gasteiger partial charge in [-0.3, -0.25) is 19.2 Å². The Bertz CT molecular complexity index is 1990. The van der Waals surface area contributed by atoms with E-state index in [-0.39, 0.29) is 32.7 Å². The average molecular weight is 792 g/mol. The third-order valence-corrected chi connectivity index (χ3v) is 11.2. The first-order chi connectivity index (χ1) is 27.4. The summed E-state index contributed by atoms with van der Waals surface area (Å²) in [4.78, 5) is 63.5. The lowest BCUT2D eigenvalue weighted by Gasteiger charge is -2.50. The molecule has 1 saturated carbocycles. The van der Waals surface area contributed by atoms with Crippen LogP contribution in [0.25, 0.3) is 6.08 Å². The van der Waals surface area contributed by atoms with Crippen molar-refractivity contribution < 1.29 is 61.2 Å².